The standard InChI is InChI=1S/C23H31N5O2/c1-14(2)27-11-5-6-20(27)21-26-19-13-25-15(3)12-18(19)23(30)28(21)17-9-7-16(8-10-17)22(29)24-4/h7-10,14-15,20,25H,5-6,11-13H2,1-4H3,(H,24,29)/t15?,20-/m0/s1. The molecule has 2 aliphatic heterocycles. The van der Waals surface area contributed by atoms with Gasteiger partial charge in [-0.05, 0) is 70.8 Å². The van der Waals surface area contributed by atoms with Crippen LogP contribution in [0.4, 0.5) is 0 Å². The van der Waals surface area contributed by atoms with Crippen LogP contribution in [0.1, 0.15) is 67.1 Å². The molecule has 1 amide bonds. The highest BCUT2D eigenvalue weighted by molar-refractivity contribution is 5.94. The van der Waals surface area contributed by atoms with E-state index in [4.69, 9.17) is 4.98 Å². The minimum absolute atomic E-state index is 0.0200. The van der Waals surface area contributed by atoms with Gasteiger partial charge in [-0.2, -0.15) is 0 Å². The number of hydrogen-bond donors (Lipinski definition) is 2. The second-order valence-corrected chi connectivity index (χ2v) is 8.64. The summed E-state index contributed by atoms with van der Waals surface area (Å²) < 4.78 is 1.79. The van der Waals surface area contributed by atoms with E-state index in [2.05, 4.69) is 36.3 Å². The normalized spacial score (nSPS) is 21.6. The van der Waals surface area contributed by atoms with Gasteiger partial charge in [0.15, 0.2) is 0 Å². The lowest BCUT2D eigenvalue weighted by atomic mass is 10.0. The lowest BCUT2D eigenvalue weighted by Crippen LogP contribution is -2.42. The monoisotopic (exact) mass is 409 g/mol. The molecule has 1 fully saturated rings. The zero-order valence-electron chi connectivity index (χ0n) is 18.2. The highest BCUT2D eigenvalue weighted by Gasteiger charge is 2.33. The van der Waals surface area contributed by atoms with Crippen molar-refractivity contribution in [2.75, 3.05) is 13.6 Å². The minimum Gasteiger partial charge on any atom is -0.355 e. The van der Waals surface area contributed by atoms with E-state index in [0.717, 1.165) is 42.2 Å². The second-order valence-electron chi connectivity index (χ2n) is 8.64. The molecule has 1 saturated heterocycles. The molecule has 0 aliphatic carbocycles. The number of carbonyl (C=O) groups is 1. The maximum Gasteiger partial charge on any atom is 0.261 e. The third-order valence-corrected chi connectivity index (χ3v) is 6.29. The Morgan fingerprint density at radius 1 is 1.27 bits per heavy atom. The number of nitrogens with zero attached hydrogens (tertiary/aromatic N) is 3. The predicted molar refractivity (Wildman–Crippen MR) is 117 cm³/mol. The molecule has 0 radical (unpaired) electrons. The van der Waals surface area contributed by atoms with Gasteiger partial charge >= 0.3 is 0 Å². The van der Waals surface area contributed by atoms with Crippen LogP contribution in [0.25, 0.3) is 5.69 Å². The molecule has 1 unspecified atom stereocenters. The summed E-state index contributed by atoms with van der Waals surface area (Å²) in [6, 6.07) is 7.98. The summed E-state index contributed by atoms with van der Waals surface area (Å²) in [7, 11) is 1.61. The number of carbonyl (C=O) groups excluding carboxylic acids is 1. The van der Waals surface area contributed by atoms with Crippen molar-refractivity contribution < 1.29 is 4.79 Å². The molecule has 1 aromatic heterocycles. The molecule has 0 bridgehead atoms. The molecule has 30 heavy (non-hydrogen) atoms. The van der Waals surface area contributed by atoms with Crippen LogP contribution < -0.4 is 16.2 Å². The Bertz CT molecular complexity index is 996. The first-order chi connectivity index (χ1) is 14.4. The van der Waals surface area contributed by atoms with E-state index < -0.39 is 0 Å². The highest BCUT2D eigenvalue weighted by atomic mass is 16.1. The van der Waals surface area contributed by atoms with Crippen LogP contribution in [0.3, 0.4) is 0 Å². The van der Waals surface area contributed by atoms with Crippen molar-refractivity contribution in [2.45, 2.75) is 64.7 Å². The fraction of sp³-hybridized carbons (Fsp3) is 0.522. The molecule has 0 spiro atoms. The lowest BCUT2D eigenvalue weighted by Gasteiger charge is -2.31. The Hall–Kier alpha value is -2.51. The van der Waals surface area contributed by atoms with Crippen molar-refractivity contribution >= 4 is 5.91 Å². The molecule has 2 atom stereocenters. The quantitative estimate of drug-likeness (QED) is 0.809. The summed E-state index contributed by atoms with van der Waals surface area (Å²) >= 11 is 0. The van der Waals surface area contributed by atoms with Crippen LogP contribution in [-0.2, 0) is 13.0 Å². The Kier molecular flexibility index (Phi) is 5.75. The molecule has 1 aromatic carbocycles. The third kappa shape index (κ3) is 3.68. The van der Waals surface area contributed by atoms with Gasteiger partial charge in [0.1, 0.15) is 5.82 Å². The van der Waals surface area contributed by atoms with Gasteiger partial charge in [0, 0.05) is 36.8 Å². The maximum atomic E-state index is 13.7. The van der Waals surface area contributed by atoms with Crippen LogP contribution in [0.2, 0.25) is 0 Å². The Morgan fingerprint density at radius 3 is 2.67 bits per heavy atom. The van der Waals surface area contributed by atoms with E-state index in [0.29, 0.717) is 24.6 Å². The fourth-order valence-electron chi connectivity index (χ4n) is 4.68. The van der Waals surface area contributed by atoms with Gasteiger partial charge in [-0.15, -0.1) is 0 Å². The van der Waals surface area contributed by atoms with Crippen molar-refractivity contribution in [3.8, 4) is 5.69 Å². The largest absolute Gasteiger partial charge is 0.355 e. The summed E-state index contributed by atoms with van der Waals surface area (Å²) in [5.74, 6) is 0.674. The molecule has 2 N–H and O–H groups in total. The molecule has 3 heterocycles. The zero-order chi connectivity index (χ0) is 21.4. The van der Waals surface area contributed by atoms with E-state index in [1.54, 1.807) is 23.7 Å². The number of nitrogens with one attached hydrogen (secondary N) is 2. The van der Waals surface area contributed by atoms with Gasteiger partial charge in [-0.3, -0.25) is 19.1 Å². The number of likely N-dealkylation sites (tertiary alicyclic amines) is 1. The predicted octanol–water partition coefficient (Wildman–Crippen LogP) is 2.17. The van der Waals surface area contributed by atoms with Crippen LogP contribution in [0.5, 0.6) is 0 Å². The maximum absolute atomic E-state index is 13.7. The average Bonchev–Trinajstić information content (AvgIpc) is 3.24. The van der Waals surface area contributed by atoms with Crippen molar-refractivity contribution in [3.63, 3.8) is 0 Å². The summed E-state index contributed by atoms with van der Waals surface area (Å²) in [6.45, 7) is 8.13. The topological polar surface area (TPSA) is 79.3 Å². The van der Waals surface area contributed by atoms with E-state index in [1.807, 2.05) is 12.1 Å². The third-order valence-electron chi connectivity index (χ3n) is 6.29. The van der Waals surface area contributed by atoms with Crippen molar-refractivity contribution in [1.29, 1.82) is 0 Å². The van der Waals surface area contributed by atoms with Crippen molar-refractivity contribution in [3.05, 3.63) is 57.3 Å². The number of aromatic nitrogens is 2. The SMILES string of the molecule is CNC(=O)c1ccc(-n2c([C@@H]3CCCN3C(C)C)nc3c(c2=O)CC(C)NC3)cc1. The van der Waals surface area contributed by atoms with Crippen LogP contribution in [0, 0.1) is 0 Å². The van der Waals surface area contributed by atoms with Gasteiger partial charge in [0.25, 0.3) is 11.5 Å². The van der Waals surface area contributed by atoms with E-state index in [-0.39, 0.29) is 23.6 Å². The zero-order valence-corrected chi connectivity index (χ0v) is 18.2. The summed E-state index contributed by atoms with van der Waals surface area (Å²) in [5, 5.41) is 6.07. The average molecular weight is 410 g/mol. The Morgan fingerprint density at radius 2 is 2.00 bits per heavy atom. The van der Waals surface area contributed by atoms with Crippen LogP contribution in [0.15, 0.2) is 29.1 Å². The van der Waals surface area contributed by atoms with E-state index in [9.17, 15) is 9.59 Å². The van der Waals surface area contributed by atoms with Gasteiger partial charge in [0.2, 0.25) is 0 Å². The van der Waals surface area contributed by atoms with E-state index >= 15 is 0 Å². The number of fused-ring (bicyclic) bond motifs is 1. The lowest BCUT2D eigenvalue weighted by molar-refractivity contribution is 0.0963. The molecule has 2 aromatic rings. The summed E-state index contributed by atoms with van der Waals surface area (Å²) in [4.78, 5) is 33.1. The first-order valence-electron chi connectivity index (χ1n) is 10.9. The molecule has 7 nitrogen and oxygen atoms in total. The van der Waals surface area contributed by atoms with Crippen LogP contribution >= 0.6 is 0 Å². The summed E-state index contributed by atoms with van der Waals surface area (Å²) in [6.07, 6.45) is 2.76. The first-order valence-corrected chi connectivity index (χ1v) is 10.9. The van der Waals surface area contributed by atoms with E-state index in [1.165, 1.54) is 0 Å². The van der Waals surface area contributed by atoms with Gasteiger partial charge in [-0.1, -0.05) is 0 Å². The number of hydrogen-bond acceptors (Lipinski definition) is 5. The minimum atomic E-state index is -0.139. The van der Waals surface area contributed by atoms with Crippen LogP contribution in [-0.4, -0.2) is 46.0 Å². The molecule has 7 heteroatoms. The molecule has 4 rings (SSSR count). The van der Waals surface area contributed by atoms with Gasteiger partial charge in [-0.25, -0.2) is 4.98 Å². The smallest absolute Gasteiger partial charge is 0.261 e. The van der Waals surface area contributed by atoms with Crippen molar-refractivity contribution in [1.82, 2.24) is 25.1 Å². The van der Waals surface area contributed by atoms with Crippen molar-refractivity contribution in [2.24, 2.45) is 0 Å². The molecule has 2 aliphatic rings. The fourth-order valence-corrected chi connectivity index (χ4v) is 4.68. The highest BCUT2D eigenvalue weighted by Crippen LogP contribution is 2.33. The summed E-state index contributed by atoms with van der Waals surface area (Å²) in [5.41, 5.74) is 3.03. The number of rotatable bonds is 4. The molecule has 0 saturated carbocycles. The number of benzene rings is 1. The Balaban J connectivity index is 1.88. The molecule has 160 valence electrons. The van der Waals surface area contributed by atoms with Gasteiger partial charge < -0.3 is 10.6 Å². The Labute approximate surface area is 177 Å². The number of amides is 1. The molecular formula is C23H31N5O2. The first kappa shape index (κ1) is 20.8. The van der Waals surface area contributed by atoms with Gasteiger partial charge in [0.05, 0.1) is 17.4 Å². The second kappa shape index (κ2) is 8.32. The molecular weight excluding hydrogens is 378 g/mol.